The summed E-state index contributed by atoms with van der Waals surface area (Å²) >= 11 is 1.29. The number of amides is 2. The van der Waals surface area contributed by atoms with E-state index in [0.717, 1.165) is 4.90 Å². The third-order valence-electron chi connectivity index (χ3n) is 4.92. The van der Waals surface area contributed by atoms with Gasteiger partial charge in [0.1, 0.15) is 5.75 Å². The molecule has 2 amide bonds. The Morgan fingerprint density at radius 2 is 1.71 bits per heavy atom. The molecular formula is C22H23N3O5S. The number of hydrogen-bond donors (Lipinski definition) is 0. The average molecular weight is 442 g/mol. The molecule has 162 valence electrons. The number of carbonyl (C=O) groups is 2. The van der Waals surface area contributed by atoms with Crippen molar-refractivity contribution >= 4 is 35.3 Å². The van der Waals surface area contributed by atoms with E-state index in [2.05, 4.69) is 0 Å². The summed E-state index contributed by atoms with van der Waals surface area (Å²) in [7, 11) is 1.58. The van der Waals surface area contributed by atoms with E-state index in [-0.39, 0.29) is 17.5 Å². The van der Waals surface area contributed by atoms with Crippen molar-refractivity contribution in [2.45, 2.75) is 16.7 Å². The zero-order chi connectivity index (χ0) is 22.4. The first-order chi connectivity index (χ1) is 14.9. The highest BCUT2D eigenvalue weighted by Gasteiger charge is 2.21. The zero-order valence-corrected chi connectivity index (χ0v) is 18.1. The molecule has 0 unspecified atom stereocenters. The van der Waals surface area contributed by atoms with E-state index in [1.165, 1.54) is 30.8 Å². The predicted octanol–water partition coefficient (Wildman–Crippen LogP) is 3.46. The third kappa shape index (κ3) is 5.85. The molecule has 3 rings (SSSR count). The molecule has 2 aromatic rings. The molecule has 8 nitrogen and oxygen atoms in total. The van der Waals surface area contributed by atoms with Crippen molar-refractivity contribution in [2.24, 2.45) is 0 Å². The van der Waals surface area contributed by atoms with Crippen LogP contribution in [0, 0.1) is 10.1 Å². The zero-order valence-electron chi connectivity index (χ0n) is 17.3. The second-order valence-corrected chi connectivity index (χ2v) is 8.04. The van der Waals surface area contributed by atoms with Gasteiger partial charge in [0.25, 0.3) is 5.69 Å². The number of hydrogen-bond acceptors (Lipinski definition) is 6. The van der Waals surface area contributed by atoms with Crippen LogP contribution >= 0.6 is 11.8 Å². The van der Waals surface area contributed by atoms with E-state index in [1.54, 1.807) is 47.3 Å². The SMILES string of the molecule is COc1ccc(Sc2ccc(C=CC(=O)N3CCN(C(C)=O)CC3)cc2[N+](=O)[O-])cc1. The summed E-state index contributed by atoms with van der Waals surface area (Å²) in [5.74, 6) is 0.539. The van der Waals surface area contributed by atoms with E-state index in [1.807, 2.05) is 12.1 Å². The Balaban J connectivity index is 1.69. The molecule has 0 aromatic heterocycles. The summed E-state index contributed by atoms with van der Waals surface area (Å²) in [6.07, 6.45) is 2.99. The number of nitro benzene ring substituents is 1. The number of benzene rings is 2. The molecule has 0 bridgehead atoms. The molecule has 0 radical (unpaired) electrons. The van der Waals surface area contributed by atoms with Gasteiger partial charge in [0.2, 0.25) is 11.8 Å². The van der Waals surface area contributed by atoms with Crippen LogP contribution in [0.1, 0.15) is 12.5 Å². The minimum absolute atomic E-state index is 0.00236. The molecule has 0 aliphatic carbocycles. The van der Waals surface area contributed by atoms with Crippen LogP contribution in [0.3, 0.4) is 0 Å². The number of nitro groups is 1. The van der Waals surface area contributed by atoms with Crippen LogP contribution in [0.5, 0.6) is 5.75 Å². The van der Waals surface area contributed by atoms with Gasteiger partial charge in [-0.3, -0.25) is 19.7 Å². The molecule has 0 saturated carbocycles. The van der Waals surface area contributed by atoms with Crippen LogP contribution < -0.4 is 4.74 Å². The number of piperazine rings is 1. The summed E-state index contributed by atoms with van der Waals surface area (Å²) in [5, 5.41) is 11.6. The Hall–Kier alpha value is -3.33. The number of rotatable bonds is 6. The normalized spacial score (nSPS) is 14.0. The van der Waals surface area contributed by atoms with Crippen molar-refractivity contribution in [3.63, 3.8) is 0 Å². The number of ether oxygens (including phenoxy) is 1. The predicted molar refractivity (Wildman–Crippen MR) is 118 cm³/mol. The van der Waals surface area contributed by atoms with Crippen molar-refractivity contribution in [3.05, 3.63) is 64.2 Å². The minimum atomic E-state index is -0.425. The fraction of sp³-hybridized carbons (Fsp3) is 0.273. The lowest BCUT2D eigenvalue weighted by Crippen LogP contribution is -2.49. The van der Waals surface area contributed by atoms with Gasteiger partial charge in [-0.1, -0.05) is 17.8 Å². The van der Waals surface area contributed by atoms with Gasteiger partial charge >= 0.3 is 0 Å². The molecule has 9 heteroatoms. The Kier molecular flexibility index (Phi) is 7.30. The maximum absolute atomic E-state index is 12.4. The van der Waals surface area contributed by atoms with Crippen LogP contribution in [0.2, 0.25) is 0 Å². The molecular weight excluding hydrogens is 418 g/mol. The molecule has 0 atom stereocenters. The van der Waals surface area contributed by atoms with Gasteiger partial charge in [0.15, 0.2) is 0 Å². The third-order valence-corrected chi connectivity index (χ3v) is 5.99. The number of carbonyl (C=O) groups excluding carboxylic acids is 2. The molecule has 1 aliphatic heterocycles. The molecule has 2 aromatic carbocycles. The van der Waals surface area contributed by atoms with Crippen LogP contribution in [0.25, 0.3) is 6.08 Å². The lowest BCUT2D eigenvalue weighted by atomic mass is 10.2. The van der Waals surface area contributed by atoms with E-state index in [9.17, 15) is 19.7 Å². The van der Waals surface area contributed by atoms with Gasteiger partial charge in [-0.15, -0.1) is 0 Å². The highest BCUT2D eigenvalue weighted by molar-refractivity contribution is 7.99. The smallest absolute Gasteiger partial charge is 0.283 e. The number of methoxy groups -OCH3 is 1. The van der Waals surface area contributed by atoms with Crippen molar-refractivity contribution in [3.8, 4) is 5.75 Å². The van der Waals surface area contributed by atoms with E-state index < -0.39 is 4.92 Å². The fourth-order valence-electron chi connectivity index (χ4n) is 3.15. The maximum Gasteiger partial charge on any atom is 0.283 e. The summed E-state index contributed by atoms with van der Waals surface area (Å²) in [6.45, 7) is 3.48. The van der Waals surface area contributed by atoms with E-state index >= 15 is 0 Å². The summed E-state index contributed by atoms with van der Waals surface area (Å²) in [5.41, 5.74) is 0.548. The quantitative estimate of drug-likeness (QED) is 0.387. The summed E-state index contributed by atoms with van der Waals surface area (Å²) in [4.78, 5) is 39.7. The second kappa shape index (κ2) is 10.1. The number of nitrogens with zero attached hydrogens (tertiary/aromatic N) is 3. The van der Waals surface area contributed by atoms with Gasteiger partial charge in [-0.05, 0) is 42.0 Å². The lowest BCUT2D eigenvalue weighted by Gasteiger charge is -2.33. The first kappa shape index (κ1) is 22.4. The van der Waals surface area contributed by atoms with Gasteiger partial charge in [0, 0.05) is 50.1 Å². The van der Waals surface area contributed by atoms with Crippen molar-refractivity contribution in [1.29, 1.82) is 0 Å². The van der Waals surface area contributed by atoms with Crippen LogP contribution in [0.4, 0.5) is 5.69 Å². The molecule has 1 saturated heterocycles. The minimum Gasteiger partial charge on any atom is -0.497 e. The van der Waals surface area contributed by atoms with Crippen LogP contribution in [-0.2, 0) is 9.59 Å². The molecule has 1 aliphatic rings. The summed E-state index contributed by atoms with van der Waals surface area (Å²) < 4.78 is 5.13. The molecule has 31 heavy (non-hydrogen) atoms. The average Bonchev–Trinajstić information content (AvgIpc) is 2.78. The Morgan fingerprint density at radius 3 is 2.29 bits per heavy atom. The maximum atomic E-state index is 12.4. The summed E-state index contributed by atoms with van der Waals surface area (Å²) in [6, 6.07) is 12.2. The fourth-order valence-corrected chi connectivity index (χ4v) is 4.05. The molecule has 0 spiro atoms. The van der Waals surface area contributed by atoms with Crippen molar-refractivity contribution < 1.29 is 19.2 Å². The van der Waals surface area contributed by atoms with Crippen LogP contribution in [0.15, 0.2) is 58.3 Å². The first-order valence-corrected chi connectivity index (χ1v) is 10.5. The highest BCUT2D eigenvalue weighted by Crippen LogP contribution is 2.36. The standard InChI is InChI=1S/C22H23N3O5S/c1-16(26)23-11-13-24(14-12-23)22(27)10-4-17-3-9-21(20(15-17)25(28)29)31-19-7-5-18(30-2)6-8-19/h3-10,15H,11-14H2,1-2H3. The van der Waals surface area contributed by atoms with Crippen molar-refractivity contribution in [1.82, 2.24) is 9.80 Å². The van der Waals surface area contributed by atoms with Gasteiger partial charge in [-0.25, -0.2) is 0 Å². The Morgan fingerprint density at radius 1 is 1.06 bits per heavy atom. The van der Waals surface area contributed by atoms with Crippen LogP contribution in [-0.4, -0.2) is 59.8 Å². The lowest BCUT2D eigenvalue weighted by molar-refractivity contribution is -0.387. The van der Waals surface area contributed by atoms with E-state index in [4.69, 9.17) is 4.74 Å². The monoisotopic (exact) mass is 441 g/mol. The Bertz CT molecular complexity index is 999. The van der Waals surface area contributed by atoms with Crippen molar-refractivity contribution in [2.75, 3.05) is 33.3 Å². The highest BCUT2D eigenvalue weighted by atomic mass is 32.2. The first-order valence-electron chi connectivity index (χ1n) is 9.70. The largest absolute Gasteiger partial charge is 0.497 e. The van der Waals surface area contributed by atoms with E-state index in [0.29, 0.717) is 42.4 Å². The molecule has 1 fully saturated rings. The van der Waals surface area contributed by atoms with Gasteiger partial charge in [-0.2, -0.15) is 0 Å². The van der Waals surface area contributed by atoms with Gasteiger partial charge in [0.05, 0.1) is 16.9 Å². The second-order valence-electron chi connectivity index (χ2n) is 6.93. The molecule has 0 N–H and O–H groups in total. The van der Waals surface area contributed by atoms with Gasteiger partial charge < -0.3 is 14.5 Å². The Labute approximate surface area is 184 Å². The molecule has 1 heterocycles. The topological polar surface area (TPSA) is 93.0 Å².